The van der Waals surface area contributed by atoms with E-state index in [9.17, 15) is 8.42 Å². The van der Waals surface area contributed by atoms with Crippen molar-refractivity contribution >= 4 is 21.4 Å². The van der Waals surface area contributed by atoms with Crippen LogP contribution in [-0.2, 0) is 16.6 Å². The standard InChI is InChI=1S/C12H20N2O2S2/c1-2-10-5-7-14(8-6-10)18(15,16)12-4-3-11(9-13)17-12/h3-4,10H,2,5-9,13H2,1H3. The minimum atomic E-state index is -3.29. The van der Waals surface area contributed by atoms with Gasteiger partial charge < -0.3 is 5.73 Å². The summed E-state index contributed by atoms with van der Waals surface area (Å²) in [5, 5.41) is 0. The number of sulfonamides is 1. The lowest BCUT2D eigenvalue weighted by Crippen LogP contribution is -2.37. The first kappa shape index (κ1) is 14.0. The quantitative estimate of drug-likeness (QED) is 0.922. The fourth-order valence-electron chi connectivity index (χ4n) is 2.29. The van der Waals surface area contributed by atoms with Crippen LogP contribution < -0.4 is 5.73 Å². The van der Waals surface area contributed by atoms with Gasteiger partial charge in [-0.05, 0) is 30.9 Å². The maximum atomic E-state index is 12.4. The predicted octanol–water partition coefficient (Wildman–Crippen LogP) is 2.02. The monoisotopic (exact) mass is 288 g/mol. The Hall–Kier alpha value is -0.430. The fraction of sp³-hybridized carbons (Fsp3) is 0.667. The molecule has 2 rings (SSSR count). The van der Waals surface area contributed by atoms with Crippen molar-refractivity contribution in [1.29, 1.82) is 0 Å². The molecule has 0 saturated carbocycles. The van der Waals surface area contributed by atoms with Crippen LogP contribution in [-0.4, -0.2) is 25.8 Å². The van der Waals surface area contributed by atoms with Gasteiger partial charge in [0, 0.05) is 24.5 Å². The molecule has 1 aliphatic heterocycles. The fourth-order valence-corrected chi connectivity index (χ4v) is 5.15. The molecule has 0 bridgehead atoms. The lowest BCUT2D eigenvalue weighted by molar-refractivity contribution is 0.269. The summed E-state index contributed by atoms with van der Waals surface area (Å²) in [5.41, 5.74) is 5.52. The van der Waals surface area contributed by atoms with Gasteiger partial charge in [0.25, 0.3) is 10.0 Å². The molecule has 0 aromatic carbocycles. The van der Waals surface area contributed by atoms with Crippen LogP contribution in [0.5, 0.6) is 0 Å². The van der Waals surface area contributed by atoms with Gasteiger partial charge in [-0.15, -0.1) is 11.3 Å². The largest absolute Gasteiger partial charge is 0.326 e. The number of hydrogen-bond acceptors (Lipinski definition) is 4. The number of rotatable bonds is 4. The summed E-state index contributed by atoms with van der Waals surface area (Å²) in [7, 11) is -3.29. The van der Waals surface area contributed by atoms with Crippen LogP contribution >= 0.6 is 11.3 Å². The molecule has 18 heavy (non-hydrogen) atoms. The first-order valence-electron chi connectivity index (χ1n) is 6.37. The first-order valence-corrected chi connectivity index (χ1v) is 8.62. The highest BCUT2D eigenvalue weighted by Gasteiger charge is 2.29. The third-order valence-electron chi connectivity index (χ3n) is 3.58. The molecule has 1 aromatic rings. The van der Waals surface area contributed by atoms with Crippen LogP contribution in [0.3, 0.4) is 0 Å². The van der Waals surface area contributed by atoms with Gasteiger partial charge >= 0.3 is 0 Å². The highest BCUT2D eigenvalue weighted by molar-refractivity contribution is 7.91. The Labute approximate surface area is 113 Å². The van der Waals surface area contributed by atoms with Crippen LogP contribution in [0.2, 0.25) is 0 Å². The second-order valence-corrected chi connectivity index (χ2v) is 8.01. The van der Waals surface area contributed by atoms with Gasteiger partial charge in [0.15, 0.2) is 0 Å². The van der Waals surface area contributed by atoms with Gasteiger partial charge in [-0.3, -0.25) is 0 Å². The topological polar surface area (TPSA) is 63.4 Å². The van der Waals surface area contributed by atoms with E-state index in [-0.39, 0.29) is 0 Å². The molecule has 4 nitrogen and oxygen atoms in total. The molecule has 1 aliphatic rings. The van der Waals surface area contributed by atoms with Gasteiger partial charge in [-0.2, -0.15) is 4.31 Å². The Morgan fingerprint density at radius 2 is 2.06 bits per heavy atom. The van der Waals surface area contributed by atoms with Crippen LogP contribution in [0, 0.1) is 5.92 Å². The Morgan fingerprint density at radius 3 is 2.56 bits per heavy atom. The Morgan fingerprint density at radius 1 is 1.39 bits per heavy atom. The molecule has 0 spiro atoms. The van der Waals surface area contributed by atoms with Crippen LogP contribution in [0.1, 0.15) is 31.1 Å². The predicted molar refractivity (Wildman–Crippen MR) is 74.0 cm³/mol. The molecule has 2 N–H and O–H groups in total. The average Bonchev–Trinajstić information content (AvgIpc) is 2.88. The lowest BCUT2D eigenvalue weighted by Gasteiger charge is -2.30. The maximum Gasteiger partial charge on any atom is 0.252 e. The van der Waals surface area contributed by atoms with Gasteiger partial charge in [0.05, 0.1) is 0 Å². The summed E-state index contributed by atoms with van der Waals surface area (Å²) in [6.07, 6.45) is 3.10. The van der Waals surface area contributed by atoms with E-state index in [1.165, 1.54) is 11.3 Å². The minimum Gasteiger partial charge on any atom is -0.326 e. The maximum absolute atomic E-state index is 12.4. The normalized spacial score (nSPS) is 19.2. The molecule has 0 radical (unpaired) electrons. The van der Waals surface area contributed by atoms with Crippen molar-refractivity contribution in [3.63, 3.8) is 0 Å². The second kappa shape index (κ2) is 5.69. The van der Waals surface area contributed by atoms with Gasteiger partial charge in [-0.1, -0.05) is 13.3 Å². The van der Waals surface area contributed by atoms with Crippen molar-refractivity contribution < 1.29 is 8.42 Å². The zero-order chi connectivity index (χ0) is 13.2. The zero-order valence-electron chi connectivity index (χ0n) is 10.6. The molecule has 6 heteroatoms. The highest BCUT2D eigenvalue weighted by atomic mass is 32.2. The molecule has 0 atom stereocenters. The van der Waals surface area contributed by atoms with Crippen molar-refractivity contribution in [3.8, 4) is 0 Å². The van der Waals surface area contributed by atoms with Gasteiger partial charge in [0.1, 0.15) is 4.21 Å². The molecule has 1 aromatic heterocycles. The summed E-state index contributed by atoms with van der Waals surface area (Å²) in [6.45, 7) is 3.87. The Balaban J connectivity index is 2.12. The molecule has 102 valence electrons. The molecule has 1 saturated heterocycles. The molecule has 2 heterocycles. The van der Waals surface area contributed by atoms with E-state index in [0.717, 1.165) is 24.1 Å². The first-order chi connectivity index (χ1) is 8.57. The average molecular weight is 288 g/mol. The molecule has 0 unspecified atom stereocenters. The van der Waals surface area contributed by atoms with E-state index in [0.29, 0.717) is 29.8 Å². The SMILES string of the molecule is CCC1CCN(S(=O)(=O)c2ccc(CN)s2)CC1. The second-order valence-electron chi connectivity index (χ2n) is 4.68. The summed E-state index contributed by atoms with van der Waals surface area (Å²) in [4.78, 5) is 0.914. The number of nitrogens with two attached hydrogens (primary N) is 1. The third-order valence-corrected chi connectivity index (χ3v) is 7.06. The van der Waals surface area contributed by atoms with Crippen LogP contribution in [0.25, 0.3) is 0 Å². The summed E-state index contributed by atoms with van der Waals surface area (Å²) < 4.78 is 26.9. The molecular formula is C12H20N2O2S2. The van der Waals surface area contributed by atoms with E-state index in [1.54, 1.807) is 16.4 Å². The summed E-state index contributed by atoms with van der Waals surface area (Å²) >= 11 is 1.29. The van der Waals surface area contributed by atoms with E-state index in [2.05, 4.69) is 6.92 Å². The smallest absolute Gasteiger partial charge is 0.252 e. The van der Waals surface area contributed by atoms with Crippen molar-refractivity contribution in [3.05, 3.63) is 17.0 Å². The lowest BCUT2D eigenvalue weighted by atomic mass is 9.96. The summed E-state index contributed by atoms with van der Waals surface area (Å²) in [5.74, 6) is 0.680. The van der Waals surface area contributed by atoms with Crippen LogP contribution in [0.15, 0.2) is 16.3 Å². The number of hydrogen-bond donors (Lipinski definition) is 1. The van der Waals surface area contributed by atoms with Crippen molar-refractivity contribution in [2.75, 3.05) is 13.1 Å². The van der Waals surface area contributed by atoms with Gasteiger partial charge in [-0.25, -0.2) is 8.42 Å². The van der Waals surface area contributed by atoms with E-state index < -0.39 is 10.0 Å². The Bertz CT molecular complexity index is 488. The van der Waals surface area contributed by atoms with E-state index in [1.807, 2.05) is 0 Å². The molecule has 0 aliphatic carbocycles. The Kier molecular flexibility index (Phi) is 4.42. The van der Waals surface area contributed by atoms with Gasteiger partial charge in [0.2, 0.25) is 0 Å². The summed E-state index contributed by atoms with van der Waals surface area (Å²) in [6, 6.07) is 3.48. The third kappa shape index (κ3) is 2.77. The van der Waals surface area contributed by atoms with E-state index >= 15 is 0 Å². The molecule has 0 amide bonds. The van der Waals surface area contributed by atoms with Crippen LogP contribution in [0.4, 0.5) is 0 Å². The van der Waals surface area contributed by atoms with Crippen molar-refractivity contribution in [1.82, 2.24) is 4.31 Å². The van der Waals surface area contributed by atoms with Crippen molar-refractivity contribution in [2.45, 2.75) is 36.9 Å². The highest BCUT2D eigenvalue weighted by Crippen LogP contribution is 2.29. The van der Waals surface area contributed by atoms with E-state index in [4.69, 9.17) is 5.73 Å². The molecule has 1 fully saturated rings. The van der Waals surface area contributed by atoms with Crippen molar-refractivity contribution in [2.24, 2.45) is 11.7 Å². The molecular weight excluding hydrogens is 268 g/mol. The minimum absolute atomic E-state index is 0.401. The number of piperidine rings is 1. The zero-order valence-corrected chi connectivity index (χ0v) is 12.3. The number of thiophene rings is 1. The number of nitrogens with zero attached hydrogens (tertiary/aromatic N) is 1.